The van der Waals surface area contributed by atoms with Crippen molar-refractivity contribution in [2.45, 2.75) is 52.3 Å². The minimum Gasteiger partial charge on any atom is -0.461 e. The fourth-order valence-corrected chi connectivity index (χ4v) is 0.908. The van der Waals surface area contributed by atoms with Gasteiger partial charge < -0.3 is 4.74 Å². The third kappa shape index (κ3) is 3.69. The van der Waals surface area contributed by atoms with Crippen LogP contribution < -0.4 is 0 Å². The van der Waals surface area contributed by atoms with Gasteiger partial charge in [-0.05, 0) is 27.2 Å². The largest absolute Gasteiger partial charge is 0.461 e. The molecule has 0 aliphatic rings. The van der Waals surface area contributed by atoms with E-state index in [2.05, 4.69) is 0 Å². The summed E-state index contributed by atoms with van der Waals surface area (Å²) in [6.45, 7) is 6.52. The second-order valence-electron chi connectivity index (χ2n) is 3.40. The maximum atomic E-state index is 13.4. The molecule has 0 aromatic rings. The molecule has 3 heteroatoms. The predicted molar refractivity (Wildman–Crippen MR) is 45.6 cm³/mol. The summed E-state index contributed by atoms with van der Waals surface area (Å²) >= 11 is 0. The van der Waals surface area contributed by atoms with Gasteiger partial charge in [-0.25, -0.2) is 9.18 Å². The molecule has 0 heterocycles. The van der Waals surface area contributed by atoms with Gasteiger partial charge in [-0.3, -0.25) is 0 Å². The summed E-state index contributed by atoms with van der Waals surface area (Å²) in [4.78, 5) is 11.1. The average molecular weight is 176 g/mol. The van der Waals surface area contributed by atoms with E-state index in [1.807, 2.05) is 6.92 Å². The van der Waals surface area contributed by atoms with Crippen molar-refractivity contribution in [1.29, 1.82) is 0 Å². The molecule has 1 atom stereocenters. The summed E-state index contributed by atoms with van der Waals surface area (Å²) < 4.78 is 18.1. The molecule has 0 amide bonds. The molecule has 2 nitrogen and oxygen atoms in total. The van der Waals surface area contributed by atoms with Gasteiger partial charge in [-0.1, -0.05) is 13.3 Å². The van der Waals surface area contributed by atoms with Crippen LogP contribution in [0.15, 0.2) is 0 Å². The number of carbonyl (C=O) groups is 1. The van der Waals surface area contributed by atoms with Crippen molar-refractivity contribution >= 4 is 5.97 Å². The fourth-order valence-electron chi connectivity index (χ4n) is 0.908. The van der Waals surface area contributed by atoms with Crippen LogP contribution in [0.1, 0.15) is 40.5 Å². The Morgan fingerprint density at radius 3 is 2.42 bits per heavy atom. The van der Waals surface area contributed by atoms with E-state index in [-0.39, 0.29) is 12.5 Å². The summed E-state index contributed by atoms with van der Waals surface area (Å²) in [5.41, 5.74) is -1.82. The SMILES string of the molecule is CCCC(C)(F)C(=O)OC(C)C. The van der Waals surface area contributed by atoms with E-state index in [1.54, 1.807) is 13.8 Å². The molecule has 0 fully saturated rings. The first-order valence-electron chi connectivity index (χ1n) is 4.30. The van der Waals surface area contributed by atoms with Gasteiger partial charge in [0.2, 0.25) is 5.67 Å². The normalized spacial score (nSPS) is 15.8. The van der Waals surface area contributed by atoms with Crippen LogP contribution in [0.3, 0.4) is 0 Å². The second kappa shape index (κ2) is 4.43. The molecular weight excluding hydrogens is 159 g/mol. The van der Waals surface area contributed by atoms with Gasteiger partial charge in [0, 0.05) is 0 Å². The van der Waals surface area contributed by atoms with Gasteiger partial charge in [0.25, 0.3) is 0 Å². The van der Waals surface area contributed by atoms with Gasteiger partial charge in [-0.2, -0.15) is 0 Å². The number of hydrogen-bond acceptors (Lipinski definition) is 2. The summed E-state index contributed by atoms with van der Waals surface area (Å²) in [6, 6.07) is 0. The first kappa shape index (κ1) is 11.4. The minimum absolute atomic E-state index is 0.221. The number of hydrogen-bond donors (Lipinski definition) is 0. The van der Waals surface area contributed by atoms with Crippen molar-refractivity contribution in [2.24, 2.45) is 0 Å². The molecule has 0 saturated heterocycles. The zero-order chi connectivity index (χ0) is 9.78. The van der Waals surface area contributed by atoms with E-state index < -0.39 is 11.6 Å². The molecule has 0 N–H and O–H groups in total. The van der Waals surface area contributed by atoms with Crippen LogP contribution in [-0.4, -0.2) is 17.7 Å². The van der Waals surface area contributed by atoms with Crippen LogP contribution >= 0.6 is 0 Å². The summed E-state index contributed by atoms with van der Waals surface area (Å²) in [7, 11) is 0. The zero-order valence-electron chi connectivity index (χ0n) is 8.19. The van der Waals surface area contributed by atoms with Gasteiger partial charge in [-0.15, -0.1) is 0 Å². The molecule has 0 aliphatic heterocycles. The van der Waals surface area contributed by atoms with Crippen LogP contribution in [0.2, 0.25) is 0 Å². The fraction of sp³-hybridized carbons (Fsp3) is 0.889. The highest BCUT2D eigenvalue weighted by Crippen LogP contribution is 2.19. The van der Waals surface area contributed by atoms with E-state index >= 15 is 0 Å². The van der Waals surface area contributed by atoms with Crippen molar-refractivity contribution in [3.05, 3.63) is 0 Å². The van der Waals surface area contributed by atoms with E-state index in [4.69, 9.17) is 4.74 Å². The zero-order valence-corrected chi connectivity index (χ0v) is 8.19. The number of halogens is 1. The highest BCUT2D eigenvalue weighted by Gasteiger charge is 2.34. The third-order valence-electron chi connectivity index (χ3n) is 1.49. The molecule has 0 aromatic heterocycles. The van der Waals surface area contributed by atoms with Gasteiger partial charge in [0.15, 0.2) is 0 Å². The van der Waals surface area contributed by atoms with Gasteiger partial charge >= 0.3 is 5.97 Å². The number of esters is 1. The monoisotopic (exact) mass is 176 g/mol. The standard InChI is InChI=1S/C9H17FO2/c1-5-6-9(4,10)8(11)12-7(2)3/h7H,5-6H2,1-4H3. The summed E-state index contributed by atoms with van der Waals surface area (Å²) in [6.07, 6.45) is 0.614. The minimum atomic E-state index is -1.82. The Morgan fingerprint density at radius 2 is 2.08 bits per heavy atom. The summed E-state index contributed by atoms with van der Waals surface area (Å²) in [5, 5.41) is 0. The summed E-state index contributed by atoms with van der Waals surface area (Å²) in [5.74, 6) is -0.751. The van der Waals surface area contributed by atoms with Crippen LogP contribution in [0.5, 0.6) is 0 Å². The first-order valence-corrected chi connectivity index (χ1v) is 4.30. The molecular formula is C9H17FO2. The van der Waals surface area contributed by atoms with Crippen molar-refractivity contribution < 1.29 is 13.9 Å². The first-order chi connectivity index (χ1) is 5.40. The Kier molecular flexibility index (Phi) is 4.21. The van der Waals surface area contributed by atoms with E-state index in [0.29, 0.717) is 6.42 Å². The lowest BCUT2D eigenvalue weighted by atomic mass is 10.0. The van der Waals surface area contributed by atoms with E-state index in [1.165, 1.54) is 6.92 Å². The third-order valence-corrected chi connectivity index (χ3v) is 1.49. The molecule has 0 saturated carbocycles. The Balaban J connectivity index is 4.06. The lowest BCUT2D eigenvalue weighted by Gasteiger charge is -2.19. The van der Waals surface area contributed by atoms with Crippen LogP contribution in [0, 0.1) is 0 Å². The molecule has 12 heavy (non-hydrogen) atoms. The highest BCUT2D eigenvalue weighted by molar-refractivity contribution is 5.78. The van der Waals surface area contributed by atoms with Crippen molar-refractivity contribution in [3.63, 3.8) is 0 Å². The van der Waals surface area contributed by atoms with Crippen LogP contribution in [0.25, 0.3) is 0 Å². The van der Waals surface area contributed by atoms with Gasteiger partial charge in [0.1, 0.15) is 0 Å². The van der Waals surface area contributed by atoms with Gasteiger partial charge in [0.05, 0.1) is 6.10 Å². The number of alkyl halides is 1. The Labute approximate surface area is 73.1 Å². The van der Waals surface area contributed by atoms with Crippen LogP contribution in [-0.2, 0) is 9.53 Å². The molecule has 0 bridgehead atoms. The Hall–Kier alpha value is -0.600. The highest BCUT2D eigenvalue weighted by atomic mass is 19.1. The lowest BCUT2D eigenvalue weighted by molar-refractivity contribution is -0.161. The lowest BCUT2D eigenvalue weighted by Crippen LogP contribution is -2.33. The Bertz CT molecular complexity index is 153. The predicted octanol–water partition coefficient (Wildman–Crippen LogP) is 2.47. The van der Waals surface area contributed by atoms with Crippen molar-refractivity contribution in [2.75, 3.05) is 0 Å². The number of rotatable bonds is 4. The molecule has 0 aliphatic carbocycles. The molecule has 0 rings (SSSR count). The van der Waals surface area contributed by atoms with Crippen molar-refractivity contribution in [1.82, 2.24) is 0 Å². The quantitative estimate of drug-likeness (QED) is 0.615. The molecule has 0 radical (unpaired) electrons. The van der Waals surface area contributed by atoms with E-state index in [9.17, 15) is 9.18 Å². The second-order valence-corrected chi connectivity index (χ2v) is 3.40. The molecule has 72 valence electrons. The maximum absolute atomic E-state index is 13.4. The number of carbonyl (C=O) groups excluding carboxylic acids is 1. The Morgan fingerprint density at radius 1 is 1.58 bits per heavy atom. The number of ether oxygens (including phenoxy) is 1. The molecule has 0 spiro atoms. The van der Waals surface area contributed by atoms with Crippen LogP contribution in [0.4, 0.5) is 4.39 Å². The smallest absolute Gasteiger partial charge is 0.343 e. The maximum Gasteiger partial charge on any atom is 0.343 e. The van der Waals surface area contributed by atoms with Crippen molar-refractivity contribution in [3.8, 4) is 0 Å². The molecule has 0 aromatic carbocycles. The average Bonchev–Trinajstić information content (AvgIpc) is 1.85. The molecule has 1 unspecified atom stereocenters. The topological polar surface area (TPSA) is 26.3 Å². The van der Waals surface area contributed by atoms with E-state index in [0.717, 1.165) is 0 Å².